The molecular weight excluding hydrogens is 230 g/mol. The monoisotopic (exact) mass is 247 g/mol. The fraction of sp³-hybridized carbons (Fsp3) is 0.429. The van der Waals surface area contributed by atoms with Gasteiger partial charge in [0.05, 0.1) is 18.1 Å². The van der Waals surface area contributed by atoms with Gasteiger partial charge in [-0.1, -0.05) is 44.2 Å². The van der Waals surface area contributed by atoms with Crippen molar-refractivity contribution in [1.82, 2.24) is 4.90 Å². The van der Waals surface area contributed by atoms with E-state index in [0.29, 0.717) is 5.56 Å². The van der Waals surface area contributed by atoms with Gasteiger partial charge in [0.2, 0.25) is 11.8 Å². The predicted octanol–water partition coefficient (Wildman–Crippen LogP) is 1.51. The van der Waals surface area contributed by atoms with E-state index in [9.17, 15) is 14.7 Å². The zero-order chi connectivity index (χ0) is 13.3. The van der Waals surface area contributed by atoms with Crippen molar-refractivity contribution in [3.63, 3.8) is 0 Å². The highest BCUT2D eigenvalue weighted by Gasteiger charge is 2.45. The highest BCUT2D eigenvalue weighted by atomic mass is 16.3. The minimum absolute atomic E-state index is 0.0328. The molecule has 1 aromatic carbocycles. The van der Waals surface area contributed by atoms with E-state index in [0.717, 1.165) is 4.90 Å². The summed E-state index contributed by atoms with van der Waals surface area (Å²) in [5.41, 5.74) is 0.0656. The first-order valence-corrected chi connectivity index (χ1v) is 5.99. The van der Waals surface area contributed by atoms with Crippen LogP contribution in [-0.4, -0.2) is 28.4 Å². The second-order valence-electron chi connectivity index (χ2n) is 5.30. The molecule has 0 spiro atoms. The molecule has 1 aromatic rings. The SMILES string of the molecule is CC1(C)CC(=O)N(CC(O)c2ccccc2)C1=O. The molecule has 1 unspecified atom stereocenters. The number of carbonyl (C=O) groups excluding carboxylic acids is 2. The van der Waals surface area contributed by atoms with Gasteiger partial charge in [-0.25, -0.2) is 0 Å². The third kappa shape index (κ3) is 2.29. The first kappa shape index (κ1) is 12.8. The molecule has 1 saturated heterocycles. The number of amides is 2. The number of benzene rings is 1. The lowest BCUT2D eigenvalue weighted by Crippen LogP contribution is -2.36. The lowest BCUT2D eigenvalue weighted by Gasteiger charge is -2.21. The van der Waals surface area contributed by atoms with Crippen molar-refractivity contribution < 1.29 is 14.7 Å². The molecule has 0 aliphatic carbocycles. The van der Waals surface area contributed by atoms with E-state index in [1.54, 1.807) is 26.0 Å². The van der Waals surface area contributed by atoms with E-state index in [1.165, 1.54) is 0 Å². The first-order valence-electron chi connectivity index (χ1n) is 5.99. The summed E-state index contributed by atoms with van der Waals surface area (Å²) < 4.78 is 0. The maximum atomic E-state index is 12.0. The third-order valence-corrected chi connectivity index (χ3v) is 3.26. The zero-order valence-corrected chi connectivity index (χ0v) is 10.6. The van der Waals surface area contributed by atoms with Crippen LogP contribution in [0.5, 0.6) is 0 Å². The average Bonchev–Trinajstić information content (AvgIpc) is 2.52. The van der Waals surface area contributed by atoms with E-state index < -0.39 is 11.5 Å². The van der Waals surface area contributed by atoms with Crippen LogP contribution >= 0.6 is 0 Å². The van der Waals surface area contributed by atoms with Crippen molar-refractivity contribution >= 4 is 11.8 Å². The molecule has 0 bridgehead atoms. The second kappa shape index (κ2) is 4.53. The Kier molecular flexibility index (Phi) is 3.22. The lowest BCUT2D eigenvalue weighted by molar-refractivity contribution is -0.142. The van der Waals surface area contributed by atoms with Gasteiger partial charge >= 0.3 is 0 Å². The van der Waals surface area contributed by atoms with Gasteiger partial charge in [0.1, 0.15) is 0 Å². The van der Waals surface area contributed by atoms with Crippen LogP contribution in [0.3, 0.4) is 0 Å². The molecule has 4 heteroatoms. The van der Waals surface area contributed by atoms with Crippen LogP contribution in [0.2, 0.25) is 0 Å². The maximum Gasteiger partial charge on any atom is 0.235 e. The molecule has 1 heterocycles. The minimum Gasteiger partial charge on any atom is -0.387 e. The maximum absolute atomic E-state index is 12.0. The van der Waals surface area contributed by atoms with Crippen LogP contribution in [0, 0.1) is 5.41 Å². The molecule has 18 heavy (non-hydrogen) atoms. The summed E-state index contributed by atoms with van der Waals surface area (Å²) >= 11 is 0. The van der Waals surface area contributed by atoms with Crippen LogP contribution in [-0.2, 0) is 9.59 Å². The highest BCUT2D eigenvalue weighted by molar-refractivity contribution is 6.05. The van der Waals surface area contributed by atoms with Crippen LogP contribution in [0.1, 0.15) is 31.9 Å². The van der Waals surface area contributed by atoms with Crippen LogP contribution in [0.15, 0.2) is 30.3 Å². The van der Waals surface area contributed by atoms with Crippen molar-refractivity contribution in [1.29, 1.82) is 0 Å². The van der Waals surface area contributed by atoms with Gasteiger partial charge in [0, 0.05) is 6.42 Å². The molecular formula is C14H17NO3. The van der Waals surface area contributed by atoms with Crippen molar-refractivity contribution in [2.24, 2.45) is 5.41 Å². The molecule has 2 amide bonds. The smallest absolute Gasteiger partial charge is 0.235 e. The highest BCUT2D eigenvalue weighted by Crippen LogP contribution is 2.32. The van der Waals surface area contributed by atoms with Gasteiger partial charge in [-0.15, -0.1) is 0 Å². The summed E-state index contributed by atoms with van der Waals surface area (Å²) in [4.78, 5) is 24.9. The van der Waals surface area contributed by atoms with Crippen LogP contribution in [0.25, 0.3) is 0 Å². The zero-order valence-electron chi connectivity index (χ0n) is 10.6. The average molecular weight is 247 g/mol. The quantitative estimate of drug-likeness (QED) is 0.824. The number of aliphatic hydroxyl groups is 1. The number of likely N-dealkylation sites (tertiary alicyclic amines) is 1. The molecule has 0 aromatic heterocycles. The van der Waals surface area contributed by atoms with Crippen LogP contribution < -0.4 is 0 Å². The van der Waals surface area contributed by atoms with E-state index in [-0.39, 0.29) is 24.8 Å². The van der Waals surface area contributed by atoms with Crippen molar-refractivity contribution in [2.75, 3.05) is 6.54 Å². The molecule has 1 aliphatic heterocycles. The Hall–Kier alpha value is -1.68. The van der Waals surface area contributed by atoms with Gasteiger partial charge in [-0.3, -0.25) is 14.5 Å². The molecule has 96 valence electrons. The number of nitrogens with zero attached hydrogens (tertiary/aromatic N) is 1. The Balaban J connectivity index is 2.11. The van der Waals surface area contributed by atoms with E-state index in [1.807, 2.05) is 18.2 Å². The summed E-state index contributed by atoms with van der Waals surface area (Å²) in [6.07, 6.45) is -0.610. The van der Waals surface area contributed by atoms with Gasteiger partial charge in [-0.2, -0.15) is 0 Å². The lowest BCUT2D eigenvalue weighted by atomic mass is 9.92. The Morgan fingerprint density at radius 2 is 1.89 bits per heavy atom. The van der Waals surface area contributed by atoms with Crippen molar-refractivity contribution in [3.8, 4) is 0 Å². The van der Waals surface area contributed by atoms with Gasteiger partial charge in [0.25, 0.3) is 0 Å². The summed E-state index contributed by atoms with van der Waals surface area (Å²) in [6, 6.07) is 9.04. The third-order valence-electron chi connectivity index (χ3n) is 3.26. The summed E-state index contributed by atoms with van der Waals surface area (Å²) in [5.74, 6) is -0.414. The number of imide groups is 1. The fourth-order valence-electron chi connectivity index (χ4n) is 2.17. The molecule has 4 nitrogen and oxygen atoms in total. The molecule has 2 rings (SSSR count). The Bertz CT molecular complexity index is 467. The topological polar surface area (TPSA) is 57.6 Å². The normalized spacial score (nSPS) is 20.3. The second-order valence-corrected chi connectivity index (χ2v) is 5.30. The fourth-order valence-corrected chi connectivity index (χ4v) is 2.17. The number of carbonyl (C=O) groups is 2. The molecule has 0 saturated carbocycles. The van der Waals surface area contributed by atoms with Crippen molar-refractivity contribution in [2.45, 2.75) is 26.4 Å². The summed E-state index contributed by atoms with van der Waals surface area (Å²) in [7, 11) is 0. The molecule has 1 N–H and O–H groups in total. The largest absolute Gasteiger partial charge is 0.387 e. The Morgan fingerprint density at radius 1 is 1.28 bits per heavy atom. The Morgan fingerprint density at radius 3 is 2.39 bits per heavy atom. The first-order chi connectivity index (χ1) is 8.42. The standard InChI is InChI=1S/C14H17NO3/c1-14(2)8-12(17)15(13(14)18)9-11(16)10-6-4-3-5-7-10/h3-7,11,16H,8-9H2,1-2H3. The van der Waals surface area contributed by atoms with Crippen molar-refractivity contribution in [3.05, 3.63) is 35.9 Å². The molecule has 0 radical (unpaired) electrons. The van der Waals surface area contributed by atoms with E-state index in [4.69, 9.17) is 0 Å². The van der Waals surface area contributed by atoms with Gasteiger partial charge < -0.3 is 5.11 Å². The van der Waals surface area contributed by atoms with Crippen LogP contribution in [0.4, 0.5) is 0 Å². The summed E-state index contributed by atoms with van der Waals surface area (Å²) in [5, 5.41) is 10.0. The number of β-amino-alcohol motifs (C(OH)–C–C–N with tert-alkyl or cyclic N) is 1. The van der Waals surface area contributed by atoms with E-state index >= 15 is 0 Å². The molecule has 1 atom stereocenters. The number of rotatable bonds is 3. The summed E-state index contributed by atoms with van der Waals surface area (Å²) in [6.45, 7) is 3.54. The molecule has 1 fully saturated rings. The van der Waals surface area contributed by atoms with Gasteiger partial charge in [-0.05, 0) is 5.56 Å². The number of hydrogen-bond donors (Lipinski definition) is 1. The predicted molar refractivity (Wildman–Crippen MR) is 66.5 cm³/mol. The molecule has 1 aliphatic rings. The minimum atomic E-state index is -0.826. The van der Waals surface area contributed by atoms with Gasteiger partial charge in [0.15, 0.2) is 0 Å². The number of hydrogen-bond acceptors (Lipinski definition) is 3. The number of aliphatic hydroxyl groups excluding tert-OH is 1. The van der Waals surface area contributed by atoms with E-state index in [2.05, 4.69) is 0 Å². The Labute approximate surface area is 106 Å².